The van der Waals surface area contributed by atoms with Gasteiger partial charge in [0.05, 0.1) is 0 Å². The molecule has 0 aromatic carbocycles. The maximum absolute atomic E-state index is 10.8. The molecular weight excluding hydrogens is 216 g/mol. The molecule has 1 unspecified atom stereocenters. The molecule has 0 aliphatic heterocycles. The number of ether oxygens (including phenoxy) is 1. The van der Waals surface area contributed by atoms with Crippen LogP contribution < -0.4 is 16.6 Å². The average Bonchev–Trinajstić information content (AvgIpc) is 2.21. The van der Waals surface area contributed by atoms with Crippen LogP contribution in [0.25, 0.3) is 0 Å². The van der Waals surface area contributed by atoms with Gasteiger partial charge in [0.1, 0.15) is 0 Å². The van der Waals surface area contributed by atoms with E-state index in [2.05, 4.69) is 15.7 Å². The van der Waals surface area contributed by atoms with Gasteiger partial charge in [-0.25, -0.2) is 5.84 Å². The summed E-state index contributed by atoms with van der Waals surface area (Å²) < 4.78 is 15.7. The maximum atomic E-state index is 10.8. The normalized spacial score (nSPS) is 13.7. The molecule has 0 radical (unpaired) electrons. The summed E-state index contributed by atoms with van der Waals surface area (Å²) in [6.07, 6.45) is 2.51. The minimum absolute atomic E-state index is 0.525. The molecule has 1 atom stereocenters. The number of nitrogens with two attached hydrogens (primary N) is 1. The Bertz CT molecular complexity index is 211. The molecule has 90 valence electrons. The number of hydrogen-bond acceptors (Lipinski definition) is 4. The van der Waals surface area contributed by atoms with Gasteiger partial charge < -0.3 is 10.1 Å². The quantitative estimate of drug-likeness (QED) is 0.170. The summed E-state index contributed by atoms with van der Waals surface area (Å²) in [4.78, 5) is 4.17. The van der Waals surface area contributed by atoms with Gasteiger partial charge in [0.15, 0.2) is 0 Å². The number of aliphatic imine (C=N–C) groups is 1. The first-order chi connectivity index (χ1) is 7.20. The van der Waals surface area contributed by atoms with Gasteiger partial charge in [0, 0.05) is 49.6 Å². The Morgan fingerprint density at radius 1 is 1.60 bits per heavy atom. The minimum atomic E-state index is -0.799. The highest BCUT2D eigenvalue weighted by Gasteiger charge is 1.95. The lowest BCUT2D eigenvalue weighted by atomic mass is 10.5. The molecule has 0 amide bonds. The Kier molecular flexibility index (Phi) is 9.44. The molecule has 15 heavy (non-hydrogen) atoms. The lowest BCUT2D eigenvalue weighted by Crippen LogP contribution is -2.43. The van der Waals surface area contributed by atoms with E-state index in [1.165, 1.54) is 0 Å². The summed E-state index contributed by atoms with van der Waals surface area (Å²) in [6, 6.07) is 0. The fourth-order valence-corrected chi connectivity index (χ4v) is 1.26. The zero-order chi connectivity index (χ0) is 11.5. The molecule has 0 fully saturated rings. The highest BCUT2D eigenvalue weighted by atomic mass is 32.2. The number of hydrazine groups is 1. The Hall–Kier alpha value is -0.660. The molecule has 4 N–H and O–H groups in total. The smallest absolute Gasteiger partial charge is 0.205 e. The van der Waals surface area contributed by atoms with Crippen LogP contribution in [-0.4, -0.2) is 49.0 Å². The highest BCUT2D eigenvalue weighted by Crippen LogP contribution is 1.82. The van der Waals surface area contributed by atoms with E-state index >= 15 is 0 Å². The summed E-state index contributed by atoms with van der Waals surface area (Å²) in [5, 5.41) is 2.96. The molecule has 0 aromatic rings. The van der Waals surface area contributed by atoms with E-state index in [1.807, 2.05) is 0 Å². The number of nitrogens with one attached hydrogen (secondary N) is 2. The second-order valence-corrected chi connectivity index (χ2v) is 4.48. The molecule has 6 nitrogen and oxygen atoms in total. The standard InChI is InChI=1S/C8H20N4O2S/c1-14-6-3-4-10-8(12-9)11-5-7-15(2)13/h3-7,9H2,1-2H3,(H2,10,11,12). The second kappa shape index (κ2) is 9.88. The summed E-state index contributed by atoms with van der Waals surface area (Å²) >= 11 is 0. The van der Waals surface area contributed by atoms with E-state index in [1.54, 1.807) is 13.4 Å². The van der Waals surface area contributed by atoms with Crippen LogP contribution in [0.2, 0.25) is 0 Å². The van der Waals surface area contributed by atoms with Crippen LogP contribution in [0.1, 0.15) is 6.42 Å². The number of guanidine groups is 1. The predicted molar refractivity (Wildman–Crippen MR) is 63.1 cm³/mol. The third kappa shape index (κ3) is 9.64. The van der Waals surface area contributed by atoms with Crippen LogP contribution in [0.5, 0.6) is 0 Å². The van der Waals surface area contributed by atoms with Gasteiger partial charge in [-0.15, -0.1) is 0 Å². The van der Waals surface area contributed by atoms with Gasteiger partial charge in [-0.2, -0.15) is 0 Å². The van der Waals surface area contributed by atoms with Crippen LogP contribution in [0, 0.1) is 0 Å². The summed E-state index contributed by atoms with van der Waals surface area (Å²) in [7, 11) is 0.855. The van der Waals surface area contributed by atoms with Crippen LogP contribution >= 0.6 is 0 Å². The van der Waals surface area contributed by atoms with Crippen molar-refractivity contribution in [3.05, 3.63) is 0 Å². The van der Waals surface area contributed by atoms with Gasteiger partial charge in [-0.3, -0.25) is 14.6 Å². The van der Waals surface area contributed by atoms with Crippen molar-refractivity contribution in [3.8, 4) is 0 Å². The molecular formula is C8H20N4O2S. The fourth-order valence-electron chi connectivity index (χ4n) is 0.865. The third-order valence-electron chi connectivity index (χ3n) is 1.60. The number of methoxy groups -OCH3 is 1. The summed E-state index contributed by atoms with van der Waals surface area (Å²) in [5.74, 6) is 6.36. The van der Waals surface area contributed by atoms with Crippen LogP contribution in [0.4, 0.5) is 0 Å². The molecule has 0 spiro atoms. The lowest BCUT2D eigenvalue weighted by molar-refractivity contribution is 0.197. The van der Waals surface area contributed by atoms with E-state index in [-0.39, 0.29) is 0 Å². The SMILES string of the molecule is COCCCN=C(NN)NCCS(C)=O. The Morgan fingerprint density at radius 2 is 2.33 bits per heavy atom. The van der Waals surface area contributed by atoms with Crippen molar-refractivity contribution < 1.29 is 8.95 Å². The molecule has 7 heteroatoms. The van der Waals surface area contributed by atoms with Crippen LogP contribution in [-0.2, 0) is 15.5 Å². The molecule has 0 bridgehead atoms. The molecule has 0 aliphatic rings. The van der Waals surface area contributed by atoms with Gasteiger partial charge >= 0.3 is 0 Å². The lowest BCUT2D eigenvalue weighted by Gasteiger charge is -2.07. The van der Waals surface area contributed by atoms with E-state index < -0.39 is 10.8 Å². The van der Waals surface area contributed by atoms with Gasteiger partial charge in [-0.1, -0.05) is 0 Å². The largest absolute Gasteiger partial charge is 0.385 e. The van der Waals surface area contributed by atoms with E-state index in [4.69, 9.17) is 10.6 Å². The molecule has 0 heterocycles. The van der Waals surface area contributed by atoms with Crippen molar-refractivity contribution in [2.45, 2.75) is 6.42 Å². The molecule has 0 rings (SSSR count). The molecule has 0 saturated heterocycles. The van der Waals surface area contributed by atoms with Crippen molar-refractivity contribution >= 4 is 16.8 Å². The first-order valence-corrected chi connectivity index (χ1v) is 6.47. The van der Waals surface area contributed by atoms with Crippen molar-refractivity contribution in [1.29, 1.82) is 0 Å². The van der Waals surface area contributed by atoms with E-state index in [9.17, 15) is 4.21 Å². The average molecular weight is 236 g/mol. The van der Waals surface area contributed by atoms with E-state index in [0.717, 1.165) is 6.42 Å². The van der Waals surface area contributed by atoms with Crippen molar-refractivity contribution in [2.75, 3.05) is 38.8 Å². The van der Waals surface area contributed by atoms with Gasteiger partial charge in [0.2, 0.25) is 5.96 Å². The van der Waals surface area contributed by atoms with E-state index in [0.29, 0.717) is 31.4 Å². The minimum Gasteiger partial charge on any atom is -0.385 e. The third-order valence-corrected chi connectivity index (χ3v) is 2.37. The first kappa shape index (κ1) is 14.3. The molecule has 0 aromatic heterocycles. The van der Waals surface area contributed by atoms with Crippen LogP contribution in [0.3, 0.4) is 0 Å². The number of nitrogens with zero attached hydrogens (tertiary/aromatic N) is 1. The van der Waals surface area contributed by atoms with Crippen LogP contribution in [0.15, 0.2) is 4.99 Å². The highest BCUT2D eigenvalue weighted by molar-refractivity contribution is 7.84. The fraction of sp³-hybridized carbons (Fsp3) is 0.875. The van der Waals surface area contributed by atoms with Crippen molar-refractivity contribution in [3.63, 3.8) is 0 Å². The molecule has 0 aliphatic carbocycles. The topological polar surface area (TPSA) is 88.7 Å². The zero-order valence-electron chi connectivity index (χ0n) is 9.28. The number of rotatable bonds is 7. The van der Waals surface area contributed by atoms with Gasteiger partial charge in [-0.05, 0) is 6.42 Å². The Labute approximate surface area is 93.1 Å². The first-order valence-electron chi connectivity index (χ1n) is 4.74. The Morgan fingerprint density at radius 3 is 2.87 bits per heavy atom. The van der Waals surface area contributed by atoms with Crippen molar-refractivity contribution in [2.24, 2.45) is 10.8 Å². The van der Waals surface area contributed by atoms with Gasteiger partial charge in [0.25, 0.3) is 0 Å². The second-order valence-electron chi connectivity index (χ2n) is 2.93. The zero-order valence-corrected chi connectivity index (χ0v) is 10.1. The number of hydrogen-bond donors (Lipinski definition) is 3. The maximum Gasteiger partial charge on any atom is 0.205 e. The predicted octanol–water partition coefficient (Wildman–Crippen LogP) is -1.19. The molecule has 0 saturated carbocycles. The monoisotopic (exact) mass is 236 g/mol. The summed E-state index contributed by atoms with van der Waals surface area (Å²) in [6.45, 7) is 1.92. The summed E-state index contributed by atoms with van der Waals surface area (Å²) in [5.41, 5.74) is 2.45. The van der Waals surface area contributed by atoms with Crippen molar-refractivity contribution in [1.82, 2.24) is 10.7 Å². The Balaban J connectivity index is 3.65.